The quantitative estimate of drug-likeness (QED) is 0.397. The van der Waals surface area contributed by atoms with Gasteiger partial charge in [-0.2, -0.15) is 0 Å². The molecular formula is C16H30O5. The maximum absolute atomic E-state index is 9.77. The van der Waals surface area contributed by atoms with Gasteiger partial charge in [0.15, 0.2) is 0 Å². The predicted molar refractivity (Wildman–Crippen MR) is 81.1 cm³/mol. The topological polar surface area (TPSA) is 79.2 Å². The first-order valence-corrected chi connectivity index (χ1v) is 8.05. The lowest BCUT2D eigenvalue weighted by atomic mass is 10.1. The van der Waals surface area contributed by atoms with Crippen LogP contribution in [0.15, 0.2) is 12.2 Å². The zero-order valence-electron chi connectivity index (χ0n) is 13.0. The molecule has 0 aliphatic carbocycles. The number of aliphatic hydroxyl groups excluding tert-OH is 3. The Morgan fingerprint density at radius 2 is 1.95 bits per heavy atom. The zero-order valence-corrected chi connectivity index (χ0v) is 13.0. The van der Waals surface area contributed by atoms with Crippen LogP contribution in [0.25, 0.3) is 0 Å². The smallest absolute Gasteiger partial charge is 0.114 e. The van der Waals surface area contributed by atoms with E-state index in [-0.39, 0.29) is 13.2 Å². The minimum atomic E-state index is -1.01. The van der Waals surface area contributed by atoms with Crippen molar-refractivity contribution in [2.24, 2.45) is 0 Å². The fraction of sp³-hybridized carbons (Fsp3) is 0.875. The summed E-state index contributed by atoms with van der Waals surface area (Å²) in [7, 11) is 0. The minimum Gasteiger partial charge on any atom is -0.394 e. The Morgan fingerprint density at radius 3 is 2.62 bits per heavy atom. The number of unbranched alkanes of at least 4 members (excludes halogenated alkanes) is 4. The molecule has 21 heavy (non-hydrogen) atoms. The number of aliphatic hydroxyl groups is 3. The summed E-state index contributed by atoms with van der Waals surface area (Å²) in [6.45, 7) is 2.47. The van der Waals surface area contributed by atoms with Crippen molar-refractivity contribution < 1.29 is 24.8 Å². The predicted octanol–water partition coefficient (Wildman–Crippen LogP) is 1.40. The van der Waals surface area contributed by atoms with Crippen LogP contribution in [-0.4, -0.2) is 59.6 Å². The van der Waals surface area contributed by atoms with E-state index in [0.29, 0.717) is 6.61 Å². The summed E-state index contributed by atoms with van der Waals surface area (Å²) in [5.41, 5.74) is 0. The second-order valence-electron chi connectivity index (χ2n) is 5.56. The van der Waals surface area contributed by atoms with Crippen LogP contribution in [-0.2, 0) is 9.47 Å². The van der Waals surface area contributed by atoms with Crippen molar-refractivity contribution in [3.63, 3.8) is 0 Å². The summed E-state index contributed by atoms with van der Waals surface area (Å²) in [6.07, 6.45) is 8.12. The maximum atomic E-state index is 9.77. The van der Waals surface area contributed by atoms with E-state index in [1.807, 2.05) is 0 Å². The highest BCUT2D eigenvalue weighted by atomic mass is 16.6. The van der Waals surface area contributed by atoms with Crippen LogP contribution in [0.4, 0.5) is 0 Å². The third-order valence-electron chi connectivity index (χ3n) is 3.70. The van der Waals surface area contributed by atoms with Crippen molar-refractivity contribution in [2.75, 3.05) is 19.8 Å². The van der Waals surface area contributed by atoms with Crippen LogP contribution in [0, 0.1) is 0 Å². The van der Waals surface area contributed by atoms with Gasteiger partial charge >= 0.3 is 0 Å². The highest BCUT2D eigenvalue weighted by Crippen LogP contribution is 2.21. The minimum absolute atomic E-state index is 0.145. The van der Waals surface area contributed by atoms with Crippen LogP contribution in [0.1, 0.15) is 45.4 Å². The lowest BCUT2D eigenvalue weighted by Gasteiger charge is -2.23. The molecule has 3 N–H and O–H groups in total. The van der Waals surface area contributed by atoms with Gasteiger partial charge in [0.2, 0.25) is 0 Å². The third kappa shape index (κ3) is 6.89. The molecule has 0 amide bonds. The Labute approximate surface area is 127 Å². The van der Waals surface area contributed by atoms with Crippen LogP contribution in [0.5, 0.6) is 0 Å². The van der Waals surface area contributed by atoms with Gasteiger partial charge in [0.05, 0.1) is 13.2 Å². The van der Waals surface area contributed by atoms with Gasteiger partial charge in [-0.05, 0) is 25.7 Å². The second kappa shape index (κ2) is 11.2. The average Bonchev–Trinajstić information content (AvgIpc) is 2.86. The first-order valence-electron chi connectivity index (χ1n) is 8.05. The second-order valence-corrected chi connectivity index (χ2v) is 5.56. The van der Waals surface area contributed by atoms with E-state index in [4.69, 9.17) is 14.6 Å². The highest BCUT2D eigenvalue weighted by molar-refractivity contribution is 4.89. The molecule has 124 valence electrons. The van der Waals surface area contributed by atoms with Crippen molar-refractivity contribution >= 4 is 0 Å². The lowest BCUT2D eigenvalue weighted by Crippen LogP contribution is -2.42. The van der Waals surface area contributed by atoms with E-state index in [1.54, 1.807) is 0 Å². The first kappa shape index (κ1) is 18.6. The molecule has 5 heteroatoms. The average molecular weight is 302 g/mol. The number of rotatable bonds is 11. The van der Waals surface area contributed by atoms with Crippen molar-refractivity contribution in [1.82, 2.24) is 0 Å². The lowest BCUT2D eigenvalue weighted by molar-refractivity contribution is -0.0937. The van der Waals surface area contributed by atoms with E-state index < -0.39 is 24.4 Å². The Bertz CT molecular complexity index is 282. The molecule has 4 atom stereocenters. The molecule has 1 fully saturated rings. The maximum Gasteiger partial charge on any atom is 0.114 e. The molecule has 0 bridgehead atoms. The van der Waals surface area contributed by atoms with E-state index in [1.165, 1.54) is 12.8 Å². The summed E-state index contributed by atoms with van der Waals surface area (Å²) in [5.74, 6) is 0. The van der Waals surface area contributed by atoms with E-state index in [2.05, 4.69) is 19.1 Å². The van der Waals surface area contributed by atoms with Crippen LogP contribution in [0.3, 0.4) is 0 Å². The molecule has 1 heterocycles. The molecular weight excluding hydrogens is 272 g/mol. The van der Waals surface area contributed by atoms with Crippen LogP contribution in [0.2, 0.25) is 0 Å². The number of hydrogen-bond acceptors (Lipinski definition) is 5. The summed E-state index contributed by atoms with van der Waals surface area (Å²) in [5, 5.41) is 28.3. The third-order valence-corrected chi connectivity index (χ3v) is 3.70. The fourth-order valence-electron chi connectivity index (χ4n) is 2.40. The molecule has 0 aromatic heterocycles. The zero-order chi connectivity index (χ0) is 15.5. The summed E-state index contributed by atoms with van der Waals surface area (Å²) in [6, 6.07) is 0. The van der Waals surface area contributed by atoms with E-state index in [9.17, 15) is 10.2 Å². The summed E-state index contributed by atoms with van der Waals surface area (Å²) < 4.78 is 10.9. The van der Waals surface area contributed by atoms with Gasteiger partial charge in [-0.1, -0.05) is 31.9 Å². The molecule has 0 unspecified atom stereocenters. The normalized spacial score (nSPS) is 27.5. The van der Waals surface area contributed by atoms with Gasteiger partial charge in [-0.3, -0.25) is 0 Å². The van der Waals surface area contributed by atoms with Crippen LogP contribution < -0.4 is 0 Å². The molecule has 0 saturated carbocycles. The van der Waals surface area contributed by atoms with Gasteiger partial charge in [0.25, 0.3) is 0 Å². The molecule has 5 nitrogen and oxygen atoms in total. The Kier molecular flexibility index (Phi) is 9.87. The molecule has 1 aliphatic heterocycles. The SMILES string of the molecule is CCCC/C=C/CCCCO[C@H]1[C@@H]([C@H](O)CO)OC[C@@H]1O. The largest absolute Gasteiger partial charge is 0.394 e. The Morgan fingerprint density at radius 1 is 1.24 bits per heavy atom. The van der Waals surface area contributed by atoms with Gasteiger partial charge in [0, 0.05) is 6.61 Å². The number of allylic oxidation sites excluding steroid dienone is 2. The van der Waals surface area contributed by atoms with Gasteiger partial charge in [0.1, 0.15) is 24.4 Å². The van der Waals surface area contributed by atoms with Crippen molar-refractivity contribution in [3.05, 3.63) is 12.2 Å². The highest BCUT2D eigenvalue weighted by Gasteiger charge is 2.40. The van der Waals surface area contributed by atoms with Crippen LogP contribution >= 0.6 is 0 Å². The summed E-state index contributed by atoms with van der Waals surface area (Å²) >= 11 is 0. The number of hydrogen-bond donors (Lipinski definition) is 3. The first-order chi connectivity index (χ1) is 10.2. The molecule has 0 spiro atoms. The molecule has 0 aromatic carbocycles. The molecule has 1 aliphatic rings. The molecule has 0 aromatic rings. The molecule has 1 saturated heterocycles. The standard InChI is InChI=1S/C16H30O5/c1-2-3-4-5-6-7-8-9-10-20-16-14(19)12-21-15(16)13(18)11-17/h5-6,13-19H,2-4,7-12H2,1H3/b6-5+/t13-,14+,15-,16-/m1/s1. The molecule has 1 rings (SSSR count). The van der Waals surface area contributed by atoms with Gasteiger partial charge < -0.3 is 24.8 Å². The van der Waals surface area contributed by atoms with Crippen molar-refractivity contribution in [1.29, 1.82) is 0 Å². The summed E-state index contributed by atoms with van der Waals surface area (Å²) in [4.78, 5) is 0. The van der Waals surface area contributed by atoms with Gasteiger partial charge in [-0.15, -0.1) is 0 Å². The Hall–Kier alpha value is -0.460. The number of ether oxygens (including phenoxy) is 2. The fourth-order valence-corrected chi connectivity index (χ4v) is 2.40. The van der Waals surface area contributed by atoms with E-state index >= 15 is 0 Å². The van der Waals surface area contributed by atoms with Crippen molar-refractivity contribution in [3.8, 4) is 0 Å². The monoisotopic (exact) mass is 302 g/mol. The Balaban J connectivity index is 2.12. The van der Waals surface area contributed by atoms with Crippen molar-refractivity contribution in [2.45, 2.75) is 69.9 Å². The van der Waals surface area contributed by atoms with Gasteiger partial charge in [-0.25, -0.2) is 0 Å². The molecule has 0 radical (unpaired) electrons. The van der Waals surface area contributed by atoms with E-state index in [0.717, 1.165) is 25.7 Å².